The van der Waals surface area contributed by atoms with Crippen molar-refractivity contribution in [2.45, 2.75) is 17.1 Å². The van der Waals surface area contributed by atoms with E-state index in [-0.39, 0.29) is 70.4 Å². The largest absolute Gasteiger partial charge is 0.497 e. The van der Waals surface area contributed by atoms with Crippen LogP contribution in [-0.4, -0.2) is 77.0 Å². The highest BCUT2D eigenvalue weighted by molar-refractivity contribution is 8.00. The van der Waals surface area contributed by atoms with Crippen LogP contribution >= 0.6 is 11.8 Å². The van der Waals surface area contributed by atoms with Crippen molar-refractivity contribution in [2.24, 2.45) is 0 Å². The van der Waals surface area contributed by atoms with Crippen LogP contribution in [0, 0.1) is 0 Å². The molecule has 11 heteroatoms. The van der Waals surface area contributed by atoms with Gasteiger partial charge in [-0.3, -0.25) is 9.59 Å². The summed E-state index contributed by atoms with van der Waals surface area (Å²) in [6, 6.07) is 45.0. The third-order valence-electron chi connectivity index (χ3n) is 9.54. The Morgan fingerprint density at radius 3 is 1.80 bits per heavy atom. The van der Waals surface area contributed by atoms with Crippen molar-refractivity contribution in [1.29, 1.82) is 0 Å². The minimum Gasteiger partial charge on any atom is -0.497 e. The van der Waals surface area contributed by atoms with Crippen molar-refractivity contribution in [3.05, 3.63) is 161 Å². The first-order valence-electron chi connectivity index (χ1n) is 18.7. The Hall–Kier alpha value is -5.62. The maximum Gasteiger partial charge on any atom is 0.407 e. The summed E-state index contributed by atoms with van der Waals surface area (Å²) >= 11 is 1.69. The molecule has 0 saturated heterocycles. The van der Waals surface area contributed by atoms with E-state index in [0.29, 0.717) is 5.75 Å². The van der Waals surface area contributed by atoms with E-state index in [1.807, 2.05) is 72.8 Å². The van der Waals surface area contributed by atoms with Gasteiger partial charge in [0.25, 0.3) is 0 Å². The molecule has 0 heterocycles. The summed E-state index contributed by atoms with van der Waals surface area (Å²) in [6.45, 7) is 1.04. The Balaban J connectivity index is 0.846. The van der Waals surface area contributed by atoms with Gasteiger partial charge in [-0.05, 0) is 51.1 Å². The van der Waals surface area contributed by atoms with Gasteiger partial charge in [-0.15, -0.1) is 11.8 Å². The quantitative estimate of drug-likeness (QED) is 0.0445. The van der Waals surface area contributed by atoms with Gasteiger partial charge in [-0.1, -0.05) is 121 Å². The van der Waals surface area contributed by atoms with E-state index in [2.05, 4.69) is 76.6 Å². The van der Waals surface area contributed by atoms with E-state index in [1.165, 1.54) is 11.1 Å². The van der Waals surface area contributed by atoms with Crippen LogP contribution in [0.3, 0.4) is 0 Å². The van der Waals surface area contributed by atoms with E-state index in [0.717, 1.165) is 33.6 Å². The lowest BCUT2D eigenvalue weighted by molar-refractivity contribution is -0.126. The van der Waals surface area contributed by atoms with Crippen molar-refractivity contribution in [3.63, 3.8) is 0 Å². The molecule has 1 aliphatic rings. The number of methoxy groups -OCH3 is 1. The molecule has 0 bridgehead atoms. The van der Waals surface area contributed by atoms with Gasteiger partial charge in [0.05, 0.1) is 38.3 Å². The third-order valence-corrected chi connectivity index (χ3v) is 11.1. The molecule has 0 radical (unpaired) electrons. The van der Waals surface area contributed by atoms with E-state index in [9.17, 15) is 14.4 Å². The second kappa shape index (κ2) is 20.3. The molecule has 0 unspecified atom stereocenters. The molecule has 290 valence electrons. The smallest absolute Gasteiger partial charge is 0.407 e. The van der Waals surface area contributed by atoms with Crippen LogP contribution < -0.4 is 20.7 Å². The molecule has 10 nitrogen and oxygen atoms in total. The van der Waals surface area contributed by atoms with Gasteiger partial charge in [0, 0.05) is 24.6 Å². The molecule has 0 aliphatic heterocycles. The number of benzene rings is 5. The number of alkyl carbamates (subject to hydrolysis) is 1. The fourth-order valence-electron chi connectivity index (χ4n) is 6.86. The van der Waals surface area contributed by atoms with Crippen LogP contribution in [0.2, 0.25) is 0 Å². The number of rotatable bonds is 20. The zero-order valence-electron chi connectivity index (χ0n) is 31.4. The highest BCUT2D eigenvalue weighted by Crippen LogP contribution is 2.49. The minimum atomic E-state index is -0.566. The maximum atomic E-state index is 12.8. The molecule has 0 atom stereocenters. The fraction of sp³-hybridized carbons (Fsp3) is 0.267. The van der Waals surface area contributed by atoms with Gasteiger partial charge in [0.2, 0.25) is 11.8 Å². The van der Waals surface area contributed by atoms with Crippen LogP contribution in [0.15, 0.2) is 133 Å². The zero-order valence-corrected chi connectivity index (χ0v) is 32.2. The molecule has 0 fully saturated rings. The van der Waals surface area contributed by atoms with Crippen LogP contribution in [-0.2, 0) is 28.5 Å². The molecule has 5 aromatic rings. The lowest BCUT2D eigenvalue weighted by Crippen LogP contribution is -2.39. The van der Waals surface area contributed by atoms with Crippen molar-refractivity contribution in [1.82, 2.24) is 16.0 Å². The number of fused-ring (bicyclic) bond motifs is 3. The van der Waals surface area contributed by atoms with Crippen LogP contribution in [0.4, 0.5) is 4.79 Å². The van der Waals surface area contributed by atoms with Gasteiger partial charge < -0.3 is 34.9 Å². The summed E-state index contributed by atoms with van der Waals surface area (Å²) in [5.41, 5.74) is 7.94. The number of nitrogens with one attached hydrogen (secondary N) is 3. The monoisotopic (exact) mass is 773 g/mol. The molecule has 6 rings (SSSR count). The van der Waals surface area contributed by atoms with Gasteiger partial charge in [-0.25, -0.2) is 4.79 Å². The normalized spacial score (nSPS) is 11.9. The minimum absolute atomic E-state index is 0.00298. The van der Waals surface area contributed by atoms with Crippen LogP contribution in [0.25, 0.3) is 11.1 Å². The molecule has 0 spiro atoms. The van der Waals surface area contributed by atoms with E-state index < -0.39 is 10.8 Å². The topological polar surface area (TPSA) is 124 Å². The standard InChI is InChI=1S/C45H47N3O7S/c1-52-36-22-20-35(21-23-36)45(33-12-4-2-5-13-33,34-14-6-3-7-15-34)56-29-24-42(49)47-32-48-43(50)31-54-28-27-53-26-25-46-44(51)55-30-41-39-18-10-8-16-37(39)38-17-9-11-19-40(38)41/h2-23,41H,24-32H2,1H3,(H,46,51)(H,47,49)(H,48,50). The highest BCUT2D eigenvalue weighted by atomic mass is 32.2. The number of ether oxygens (including phenoxy) is 4. The van der Waals surface area contributed by atoms with Crippen molar-refractivity contribution >= 4 is 29.7 Å². The second-order valence-corrected chi connectivity index (χ2v) is 14.3. The van der Waals surface area contributed by atoms with Crippen molar-refractivity contribution < 1.29 is 33.3 Å². The third kappa shape index (κ3) is 10.2. The summed E-state index contributed by atoms with van der Waals surface area (Å²) in [4.78, 5) is 37.5. The van der Waals surface area contributed by atoms with Crippen molar-refractivity contribution in [3.8, 4) is 16.9 Å². The Labute approximate surface area is 332 Å². The summed E-state index contributed by atoms with van der Waals surface area (Å²) in [7, 11) is 1.65. The van der Waals surface area contributed by atoms with Crippen molar-refractivity contribution in [2.75, 3.05) is 59.1 Å². The van der Waals surface area contributed by atoms with Gasteiger partial charge in [-0.2, -0.15) is 0 Å². The first-order valence-corrected chi connectivity index (χ1v) is 19.7. The van der Waals surface area contributed by atoms with Crippen LogP contribution in [0.5, 0.6) is 5.75 Å². The first-order chi connectivity index (χ1) is 27.5. The maximum absolute atomic E-state index is 12.8. The molecule has 56 heavy (non-hydrogen) atoms. The summed E-state index contributed by atoms with van der Waals surface area (Å²) in [5.74, 6) is 0.760. The molecular weight excluding hydrogens is 727 g/mol. The number of amides is 3. The summed E-state index contributed by atoms with van der Waals surface area (Å²) in [6.07, 6.45) is -0.252. The van der Waals surface area contributed by atoms with E-state index in [4.69, 9.17) is 18.9 Å². The Kier molecular flexibility index (Phi) is 14.5. The number of carbonyl (C=O) groups excluding carboxylic acids is 3. The SMILES string of the molecule is COc1ccc(C(SCCC(=O)NCNC(=O)COCCOCCNC(=O)OCC2c3ccccc3-c3ccccc32)(c2ccccc2)c2ccccc2)cc1. The zero-order chi connectivity index (χ0) is 39.0. The lowest BCUT2D eigenvalue weighted by atomic mass is 9.84. The second-order valence-electron chi connectivity index (χ2n) is 13.0. The van der Waals surface area contributed by atoms with E-state index >= 15 is 0 Å². The predicted octanol–water partition coefficient (Wildman–Crippen LogP) is 6.87. The molecule has 0 aromatic heterocycles. The van der Waals surface area contributed by atoms with Gasteiger partial charge in [0.15, 0.2) is 0 Å². The van der Waals surface area contributed by atoms with Crippen LogP contribution in [0.1, 0.15) is 40.2 Å². The Morgan fingerprint density at radius 2 is 1.18 bits per heavy atom. The molecule has 3 N–H and O–H groups in total. The first kappa shape index (κ1) is 40.1. The fourth-order valence-corrected chi connectivity index (χ4v) is 8.36. The number of carbonyl (C=O) groups is 3. The average Bonchev–Trinajstić information content (AvgIpc) is 3.56. The molecular formula is C45H47N3O7S. The lowest BCUT2D eigenvalue weighted by Gasteiger charge is -2.35. The number of thioether (sulfide) groups is 1. The molecule has 1 aliphatic carbocycles. The highest BCUT2D eigenvalue weighted by Gasteiger charge is 2.37. The average molecular weight is 774 g/mol. The van der Waals surface area contributed by atoms with Gasteiger partial charge in [0.1, 0.15) is 19.0 Å². The molecule has 0 saturated carbocycles. The summed E-state index contributed by atoms with van der Waals surface area (Å²) in [5, 5.41) is 8.15. The van der Waals surface area contributed by atoms with E-state index in [1.54, 1.807) is 18.9 Å². The molecule has 5 aromatic carbocycles. The molecule has 3 amide bonds. The summed E-state index contributed by atoms with van der Waals surface area (Å²) < 4.78 is 21.3. The predicted molar refractivity (Wildman–Crippen MR) is 219 cm³/mol. The Bertz CT molecular complexity index is 1940. The number of hydrogen-bond acceptors (Lipinski definition) is 8. The van der Waals surface area contributed by atoms with Gasteiger partial charge >= 0.3 is 6.09 Å². The Morgan fingerprint density at radius 1 is 0.625 bits per heavy atom. The number of hydrogen-bond donors (Lipinski definition) is 3.